The van der Waals surface area contributed by atoms with Crippen molar-refractivity contribution in [2.75, 3.05) is 6.61 Å². The predicted molar refractivity (Wildman–Crippen MR) is 64.2 cm³/mol. The van der Waals surface area contributed by atoms with E-state index in [1.165, 1.54) is 4.88 Å². The highest BCUT2D eigenvalue weighted by molar-refractivity contribution is 7.09. The SMILES string of the molecule is CC1(C(N)CCc2cccs2)CCCO1. The zero-order chi connectivity index (χ0) is 10.7. The van der Waals surface area contributed by atoms with E-state index in [9.17, 15) is 0 Å². The normalized spacial score (nSPS) is 28.1. The van der Waals surface area contributed by atoms with Gasteiger partial charge in [0.15, 0.2) is 0 Å². The van der Waals surface area contributed by atoms with Gasteiger partial charge in [-0.3, -0.25) is 0 Å². The van der Waals surface area contributed by atoms with Crippen molar-refractivity contribution in [1.82, 2.24) is 0 Å². The van der Waals surface area contributed by atoms with Crippen LogP contribution in [0.5, 0.6) is 0 Å². The highest BCUT2D eigenvalue weighted by Gasteiger charge is 2.35. The van der Waals surface area contributed by atoms with Crippen LogP contribution in [0.15, 0.2) is 17.5 Å². The Hall–Kier alpha value is -0.380. The number of nitrogens with two attached hydrogens (primary N) is 1. The van der Waals surface area contributed by atoms with Crippen LogP contribution >= 0.6 is 11.3 Å². The van der Waals surface area contributed by atoms with Crippen LogP contribution in [0.1, 0.15) is 31.1 Å². The van der Waals surface area contributed by atoms with E-state index in [0.717, 1.165) is 32.3 Å². The van der Waals surface area contributed by atoms with Gasteiger partial charge in [-0.05, 0) is 44.1 Å². The second-order valence-corrected chi connectivity index (χ2v) is 5.52. The molecule has 2 nitrogen and oxygen atoms in total. The van der Waals surface area contributed by atoms with Crippen molar-refractivity contribution in [2.24, 2.45) is 5.73 Å². The molecule has 0 saturated carbocycles. The second kappa shape index (κ2) is 4.64. The molecule has 0 aromatic carbocycles. The van der Waals surface area contributed by atoms with Crippen molar-refractivity contribution in [1.29, 1.82) is 0 Å². The Morgan fingerprint density at radius 1 is 1.67 bits per heavy atom. The van der Waals surface area contributed by atoms with Crippen LogP contribution < -0.4 is 5.73 Å². The van der Waals surface area contributed by atoms with Gasteiger partial charge in [0.05, 0.1) is 5.60 Å². The van der Waals surface area contributed by atoms with Gasteiger partial charge in [-0.1, -0.05) is 6.07 Å². The molecule has 1 aliphatic rings. The lowest BCUT2D eigenvalue weighted by Gasteiger charge is -2.30. The van der Waals surface area contributed by atoms with E-state index in [0.29, 0.717) is 0 Å². The van der Waals surface area contributed by atoms with Crippen molar-refractivity contribution in [3.63, 3.8) is 0 Å². The summed E-state index contributed by atoms with van der Waals surface area (Å²) >= 11 is 1.81. The maximum absolute atomic E-state index is 6.21. The lowest BCUT2D eigenvalue weighted by atomic mass is 9.90. The van der Waals surface area contributed by atoms with Gasteiger partial charge in [-0.15, -0.1) is 11.3 Å². The summed E-state index contributed by atoms with van der Waals surface area (Å²) in [5.41, 5.74) is 6.14. The molecular weight excluding hydrogens is 206 g/mol. The maximum atomic E-state index is 6.21. The number of thiophene rings is 1. The zero-order valence-electron chi connectivity index (χ0n) is 9.24. The molecule has 1 aliphatic heterocycles. The fourth-order valence-electron chi connectivity index (χ4n) is 2.15. The highest BCUT2D eigenvalue weighted by Crippen LogP contribution is 2.29. The first-order valence-electron chi connectivity index (χ1n) is 5.63. The van der Waals surface area contributed by atoms with Crippen molar-refractivity contribution >= 4 is 11.3 Å². The third kappa shape index (κ3) is 2.60. The summed E-state index contributed by atoms with van der Waals surface area (Å²) in [6.45, 7) is 3.03. The first kappa shape index (κ1) is 11.1. The number of rotatable bonds is 4. The number of hydrogen-bond acceptors (Lipinski definition) is 3. The molecule has 0 spiro atoms. The van der Waals surface area contributed by atoms with Gasteiger partial charge in [0.2, 0.25) is 0 Å². The summed E-state index contributed by atoms with van der Waals surface area (Å²) in [6, 6.07) is 4.44. The van der Waals surface area contributed by atoms with Crippen molar-refractivity contribution in [2.45, 2.75) is 44.2 Å². The summed E-state index contributed by atoms with van der Waals surface area (Å²) in [6.07, 6.45) is 4.37. The van der Waals surface area contributed by atoms with E-state index in [-0.39, 0.29) is 11.6 Å². The van der Waals surface area contributed by atoms with Crippen molar-refractivity contribution < 1.29 is 4.74 Å². The van der Waals surface area contributed by atoms with E-state index < -0.39 is 0 Å². The number of ether oxygens (including phenoxy) is 1. The fraction of sp³-hybridized carbons (Fsp3) is 0.667. The first-order valence-corrected chi connectivity index (χ1v) is 6.50. The summed E-state index contributed by atoms with van der Waals surface area (Å²) < 4.78 is 5.75. The third-order valence-electron chi connectivity index (χ3n) is 3.32. The van der Waals surface area contributed by atoms with Crippen LogP contribution in [0.4, 0.5) is 0 Å². The summed E-state index contributed by atoms with van der Waals surface area (Å²) in [4.78, 5) is 1.42. The largest absolute Gasteiger partial charge is 0.374 e. The molecule has 0 amide bonds. The molecular formula is C12H19NOS. The standard InChI is InChI=1S/C12H19NOS/c1-12(7-3-8-14-12)11(13)6-5-10-4-2-9-15-10/h2,4,9,11H,3,5-8,13H2,1H3. The van der Waals surface area contributed by atoms with E-state index >= 15 is 0 Å². The van der Waals surface area contributed by atoms with Crippen LogP contribution in [0.3, 0.4) is 0 Å². The summed E-state index contributed by atoms with van der Waals surface area (Å²) in [5.74, 6) is 0. The molecule has 1 aromatic heterocycles. The molecule has 15 heavy (non-hydrogen) atoms. The molecule has 2 unspecified atom stereocenters. The monoisotopic (exact) mass is 225 g/mol. The number of aryl methyl sites for hydroxylation is 1. The van der Waals surface area contributed by atoms with Crippen LogP contribution in [0, 0.1) is 0 Å². The molecule has 1 saturated heterocycles. The number of hydrogen-bond donors (Lipinski definition) is 1. The third-order valence-corrected chi connectivity index (χ3v) is 4.25. The summed E-state index contributed by atoms with van der Waals surface area (Å²) in [5, 5.41) is 2.12. The van der Waals surface area contributed by atoms with Gasteiger partial charge < -0.3 is 10.5 Å². The van der Waals surface area contributed by atoms with Gasteiger partial charge in [-0.25, -0.2) is 0 Å². The fourth-order valence-corrected chi connectivity index (χ4v) is 2.88. The van der Waals surface area contributed by atoms with Crippen molar-refractivity contribution in [3.05, 3.63) is 22.4 Å². The molecule has 0 aliphatic carbocycles. The van der Waals surface area contributed by atoms with E-state index in [2.05, 4.69) is 24.4 Å². The Kier molecular flexibility index (Phi) is 3.44. The van der Waals surface area contributed by atoms with E-state index in [1.54, 1.807) is 0 Å². The minimum absolute atomic E-state index is 0.0722. The minimum atomic E-state index is -0.0722. The topological polar surface area (TPSA) is 35.2 Å². The summed E-state index contributed by atoms with van der Waals surface area (Å²) in [7, 11) is 0. The van der Waals surface area contributed by atoms with Gasteiger partial charge in [0, 0.05) is 17.5 Å². The zero-order valence-corrected chi connectivity index (χ0v) is 10.1. The molecule has 1 aromatic rings. The van der Waals surface area contributed by atoms with Crippen LogP contribution in [-0.2, 0) is 11.2 Å². The first-order chi connectivity index (χ1) is 7.21. The molecule has 2 heterocycles. The predicted octanol–water partition coefficient (Wildman–Crippen LogP) is 2.58. The van der Waals surface area contributed by atoms with Crippen LogP contribution in [0.2, 0.25) is 0 Å². The quantitative estimate of drug-likeness (QED) is 0.854. The van der Waals surface area contributed by atoms with E-state index in [4.69, 9.17) is 10.5 Å². The molecule has 2 rings (SSSR count). The molecule has 2 N–H and O–H groups in total. The maximum Gasteiger partial charge on any atom is 0.0805 e. The second-order valence-electron chi connectivity index (χ2n) is 4.49. The lowest BCUT2D eigenvalue weighted by Crippen LogP contribution is -2.45. The Morgan fingerprint density at radius 3 is 3.13 bits per heavy atom. The average molecular weight is 225 g/mol. The Morgan fingerprint density at radius 2 is 2.53 bits per heavy atom. The minimum Gasteiger partial charge on any atom is -0.374 e. The van der Waals surface area contributed by atoms with Crippen molar-refractivity contribution in [3.8, 4) is 0 Å². The van der Waals surface area contributed by atoms with Crippen LogP contribution in [-0.4, -0.2) is 18.2 Å². The van der Waals surface area contributed by atoms with Gasteiger partial charge in [0.25, 0.3) is 0 Å². The molecule has 84 valence electrons. The molecule has 0 bridgehead atoms. The van der Waals surface area contributed by atoms with Crippen LogP contribution in [0.25, 0.3) is 0 Å². The molecule has 1 fully saturated rings. The van der Waals surface area contributed by atoms with Gasteiger partial charge in [-0.2, -0.15) is 0 Å². The Bertz CT molecular complexity index is 291. The molecule has 2 atom stereocenters. The van der Waals surface area contributed by atoms with Gasteiger partial charge >= 0.3 is 0 Å². The van der Waals surface area contributed by atoms with E-state index in [1.807, 2.05) is 11.3 Å². The smallest absolute Gasteiger partial charge is 0.0805 e. The molecule has 3 heteroatoms. The lowest BCUT2D eigenvalue weighted by molar-refractivity contribution is -0.00292. The molecule has 0 radical (unpaired) electrons. The van der Waals surface area contributed by atoms with Gasteiger partial charge in [0.1, 0.15) is 0 Å². The highest BCUT2D eigenvalue weighted by atomic mass is 32.1. The average Bonchev–Trinajstić information content (AvgIpc) is 2.85. The Labute approximate surface area is 95.4 Å². The Balaban J connectivity index is 1.84.